The van der Waals surface area contributed by atoms with Gasteiger partial charge in [0.2, 0.25) is 0 Å². The van der Waals surface area contributed by atoms with Crippen LogP contribution in [0.2, 0.25) is 0 Å². The Morgan fingerprint density at radius 3 is 2.60 bits per heavy atom. The van der Waals surface area contributed by atoms with Crippen LogP contribution in [0.1, 0.15) is 33.1 Å². The highest BCUT2D eigenvalue weighted by atomic mass is 16.5. The predicted octanol–water partition coefficient (Wildman–Crippen LogP) is 1.42. The minimum Gasteiger partial charge on any atom is -0.381 e. The van der Waals surface area contributed by atoms with Gasteiger partial charge in [0.1, 0.15) is 0 Å². The largest absolute Gasteiger partial charge is 0.381 e. The van der Waals surface area contributed by atoms with Gasteiger partial charge in [0.25, 0.3) is 0 Å². The molecular weight excluding hydrogens is 250 g/mol. The van der Waals surface area contributed by atoms with Gasteiger partial charge in [-0.15, -0.1) is 0 Å². The van der Waals surface area contributed by atoms with Crippen molar-refractivity contribution in [2.45, 2.75) is 45.2 Å². The summed E-state index contributed by atoms with van der Waals surface area (Å²) in [5.41, 5.74) is 0. The quantitative estimate of drug-likeness (QED) is 0.798. The van der Waals surface area contributed by atoms with Crippen LogP contribution in [0.3, 0.4) is 0 Å². The van der Waals surface area contributed by atoms with Gasteiger partial charge in [0.15, 0.2) is 0 Å². The minimum absolute atomic E-state index is 0.645. The number of likely N-dealkylation sites (tertiary alicyclic amines) is 1. The van der Waals surface area contributed by atoms with Crippen LogP contribution in [0, 0.1) is 5.92 Å². The topological polar surface area (TPSA) is 27.7 Å². The van der Waals surface area contributed by atoms with Crippen LogP contribution in [-0.4, -0.2) is 74.9 Å². The molecule has 0 saturated carbocycles. The van der Waals surface area contributed by atoms with E-state index in [0.717, 1.165) is 25.8 Å². The van der Waals surface area contributed by atoms with Gasteiger partial charge in [-0.25, -0.2) is 0 Å². The number of rotatable bonds is 6. The van der Waals surface area contributed by atoms with E-state index in [2.05, 4.69) is 36.0 Å². The van der Waals surface area contributed by atoms with E-state index >= 15 is 0 Å². The second-order valence-corrected chi connectivity index (χ2v) is 6.39. The zero-order chi connectivity index (χ0) is 14.4. The van der Waals surface area contributed by atoms with Gasteiger partial charge >= 0.3 is 0 Å². The summed E-state index contributed by atoms with van der Waals surface area (Å²) in [6.07, 6.45) is 3.81. The van der Waals surface area contributed by atoms with Crippen LogP contribution in [0.25, 0.3) is 0 Å². The fraction of sp³-hybridized carbons (Fsp3) is 1.00. The molecule has 2 aliphatic heterocycles. The smallest absolute Gasteiger partial charge is 0.0521 e. The van der Waals surface area contributed by atoms with E-state index in [1.54, 1.807) is 0 Å². The van der Waals surface area contributed by atoms with Gasteiger partial charge in [0.05, 0.1) is 6.61 Å². The maximum atomic E-state index is 5.71. The Kier molecular flexibility index (Phi) is 6.75. The standard InChI is InChI=1S/C16H33N3O/c1-4-17-16-8-11-20-13-14(16)12-18(3)15-6-9-19(5-2)10-7-15/h14-17H,4-13H2,1-3H3. The lowest BCUT2D eigenvalue weighted by molar-refractivity contribution is 0.00993. The molecule has 0 aromatic heterocycles. The molecule has 0 radical (unpaired) electrons. The molecule has 4 heteroatoms. The molecule has 2 saturated heterocycles. The first-order valence-electron chi connectivity index (χ1n) is 8.48. The zero-order valence-corrected chi connectivity index (χ0v) is 13.6. The molecule has 0 bridgehead atoms. The lowest BCUT2D eigenvalue weighted by Crippen LogP contribution is -2.50. The van der Waals surface area contributed by atoms with E-state index in [-0.39, 0.29) is 0 Å². The summed E-state index contributed by atoms with van der Waals surface area (Å²) in [6, 6.07) is 1.41. The molecule has 2 fully saturated rings. The molecule has 0 spiro atoms. The normalized spacial score (nSPS) is 30.0. The number of nitrogens with one attached hydrogen (secondary N) is 1. The second kappa shape index (κ2) is 8.32. The molecular formula is C16H33N3O. The summed E-state index contributed by atoms with van der Waals surface area (Å²) < 4.78 is 5.71. The first kappa shape index (κ1) is 16.2. The van der Waals surface area contributed by atoms with E-state index < -0.39 is 0 Å². The SMILES string of the molecule is CCNC1CCOCC1CN(C)C1CCN(CC)CC1. The monoisotopic (exact) mass is 283 g/mol. The minimum atomic E-state index is 0.645. The average molecular weight is 283 g/mol. The Hall–Kier alpha value is -0.160. The summed E-state index contributed by atoms with van der Waals surface area (Å²) in [6.45, 7) is 12.3. The van der Waals surface area contributed by atoms with E-state index in [1.165, 1.54) is 45.4 Å². The van der Waals surface area contributed by atoms with Crippen LogP contribution in [0.4, 0.5) is 0 Å². The van der Waals surface area contributed by atoms with Crippen molar-refractivity contribution < 1.29 is 4.74 Å². The Labute approximate surface area is 124 Å². The fourth-order valence-corrected chi connectivity index (χ4v) is 3.70. The van der Waals surface area contributed by atoms with Gasteiger partial charge in [-0.05, 0) is 52.5 Å². The van der Waals surface area contributed by atoms with Gasteiger partial charge in [-0.2, -0.15) is 0 Å². The highest BCUT2D eigenvalue weighted by molar-refractivity contribution is 4.84. The molecule has 2 unspecified atom stereocenters. The molecule has 0 aromatic rings. The number of ether oxygens (including phenoxy) is 1. The van der Waals surface area contributed by atoms with Gasteiger partial charge in [0, 0.05) is 31.2 Å². The molecule has 118 valence electrons. The maximum absolute atomic E-state index is 5.71. The van der Waals surface area contributed by atoms with Crippen LogP contribution in [0.15, 0.2) is 0 Å². The van der Waals surface area contributed by atoms with Crippen LogP contribution in [0.5, 0.6) is 0 Å². The maximum Gasteiger partial charge on any atom is 0.0521 e. The molecule has 0 aliphatic carbocycles. The summed E-state index contributed by atoms with van der Waals surface area (Å²) in [5.74, 6) is 0.651. The van der Waals surface area contributed by atoms with Crippen molar-refractivity contribution in [3.8, 4) is 0 Å². The predicted molar refractivity (Wildman–Crippen MR) is 84.2 cm³/mol. The highest BCUT2D eigenvalue weighted by Gasteiger charge is 2.29. The Morgan fingerprint density at radius 2 is 1.95 bits per heavy atom. The first-order valence-corrected chi connectivity index (χ1v) is 8.48. The third-order valence-corrected chi connectivity index (χ3v) is 5.09. The molecule has 1 N–H and O–H groups in total. The van der Waals surface area contributed by atoms with Crippen LogP contribution < -0.4 is 5.32 Å². The number of hydrogen-bond donors (Lipinski definition) is 1. The second-order valence-electron chi connectivity index (χ2n) is 6.39. The molecule has 2 heterocycles. The number of hydrogen-bond acceptors (Lipinski definition) is 4. The highest BCUT2D eigenvalue weighted by Crippen LogP contribution is 2.20. The van der Waals surface area contributed by atoms with Crippen molar-refractivity contribution in [3.05, 3.63) is 0 Å². The van der Waals surface area contributed by atoms with Crippen LogP contribution >= 0.6 is 0 Å². The lowest BCUT2D eigenvalue weighted by Gasteiger charge is -2.40. The van der Waals surface area contributed by atoms with Gasteiger partial charge in [-0.1, -0.05) is 13.8 Å². The first-order chi connectivity index (χ1) is 9.74. The third kappa shape index (κ3) is 4.42. The van der Waals surface area contributed by atoms with Crippen molar-refractivity contribution in [3.63, 3.8) is 0 Å². The van der Waals surface area contributed by atoms with Crippen molar-refractivity contribution >= 4 is 0 Å². The number of nitrogens with zero attached hydrogens (tertiary/aromatic N) is 2. The Balaban J connectivity index is 1.79. The molecule has 20 heavy (non-hydrogen) atoms. The van der Waals surface area contributed by atoms with E-state index in [0.29, 0.717) is 12.0 Å². The molecule has 0 amide bonds. The molecule has 4 nitrogen and oxygen atoms in total. The van der Waals surface area contributed by atoms with Crippen LogP contribution in [-0.2, 0) is 4.74 Å². The lowest BCUT2D eigenvalue weighted by atomic mass is 9.93. The van der Waals surface area contributed by atoms with E-state index in [9.17, 15) is 0 Å². The fourth-order valence-electron chi connectivity index (χ4n) is 3.70. The summed E-state index contributed by atoms with van der Waals surface area (Å²) in [5, 5.41) is 3.64. The van der Waals surface area contributed by atoms with E-state index in [4.69, 9.17) is 4.74 Å². The number of piperidine rings is 1. The average Bonchev–Trinajstić information content (AvgIpc) is 2.49. The Morgan fingerprint density at radius 1 is 1.20 bits per heavy atom. The summed E-state index contributed by atoms with van der Waals surface area (Å²) >= 11 is 0. The van der Waals surface area contributed by atoms with Crippen molar-refractivity contribution in [1.82, 2.24) is 15.1 Å². The van der Waals surface area contributed by atoms with Gasteiger partial charge < -0.3 is 19.9 Å². The van der Waals surface area contributed by atoms with Crippen molar-refractivity contribution in [2.75, 3.05) is 53.0 Å². The summed E-state index contributed by atoms with van der Waals surface area (Å²) in [7, 11) is 2.31. The van der Waals surface area contributed by atoms with E-state index in [1.807, 2.05) is 0 Å². The third-order valence-electron chi connectivity index (χ3n) is 5.09. The van der Waals surface area contributed by atoms with Gasteiger partial charge in [-0.3, -0.25) is 0 Å². The van der Waals surface area contributed by atoms with Crippen molar-refractivity contribution in [2.24, 2.45) is 5.92 Å². The molecule has 2 rings (SSSR count). The Bertz CT molecular complexity index is 264. The van der Waals surface area contributed by atoms with Crippen molar-refractivity contribution in [1.29, 1.82) is 0 Å². The molecule has 0 aromatic carbocycles. The molecule has 2 aliphatic rings. The molecule has 2 atom stereocenters. The zero-order valence-electron chi connectivity index (χ0n) is 13.6. The summed E-state index contributed by atoms with van der Waals surface area (Å²) in [4.78, 5) is 5.16.